The Balaban J connectivity index is 2.43. The van der Waals surface area contributed by atoms with Crippen LogP contribution in [0.3, 0.4) is 0 Å². The predicted octanol–water partition coefficient (Wildman–Crippen LogP) is 0.998. The Kier molecular flexibility index (Phi) is 3.61. The highest BCUT2D eigenvalue weighted by molar-refractivity contribution is 5.88. The van der Waals surface area contributed by atoms with Gasteiger partial charge in [-0.25, -0.2) is 9.48 Å². The zero-order valence-electron chi connectivity index (χ0n) is 10.2. The van der Waals surface area contributed by atoms with E-state index in [1.54, 1.807) is 12.1 Å². The van der Waals surface area contributed by atoms with Crippen molar-refractivity contribution in [3.63, 3.8) is 0 Å². The summed E-state index contributed by atoms with van der Waals surface area (Å²) in [6.45, 7) is 0.157. The summed E-state index contributed by atoms with van der Waals surface area (Å²) in [4.78, 5) is 22.5. The van der Waals surface area contributed by atoms with E-state index in [9.17, 15) is 9.59 Å². The quantitative estimate of drug-likeness (QED) is 0.886. The first-order valence-corrected chi connectivity index (χ1v) is 5.54. The van der Waals surface area contributed by atoms with E-state index in [4.69, 9.17) is 9.84 Å². The summed E-state index contributed by atoms with van der Waals surface area (Å²) in [6.07, 6.45) is 1.49. The lowest BCUT2D eigenvalue weighted by molar-refractivity contribution is 0.0696. The van der Waals surface area contributed by atoms with Gasteiger partial charge in [0.15, 0.2) is 0 Å². The maximum atomic E-state index is 11.6. The molecule has 0 saturated heterocycles. The Bertz CT molecular complexity index is 664. The highest BCUT2D eigenvalue weighted by Crippen LogP contribution is 2.20. The van der Waals surface area contributed by atoms with Gasteiger partial charge in [-0.3, -0.25) is 4.79 Å². The van der Waals surface area contributed by atoms with Crippen molar-refractivity contribution < 1.29 is 14.6 Å². The summed E-state index contributed by atoms with van der Waals surface area (Å²) in [5, 5.41) is 12.9. The number of aromatic nitrogens is 2. The van der Waals surface area contributed by atoms with Gasteiger partial charge in [0.1, 0.15) is 5.75 Å². The van der Waals surface area contributed by atoms with Gasteiger partial charge in [-0.1, -0.05) is 0 Å². The molecule has 0 bridgehead atoms. The second-order valence-electron chi connectivity index (χ2n) is 3.85. The van der Waals surface area contributed by atoms with Crippen molar-refractivity contribution in [2.45, 2.75) is 6.54 Å². The second-order valence-corrected chi connectivity index (χ2v) is 3.85. The summed E-state index contributed by atoms with van der Waals surface area (Å²) in [6, 6.07) is 7.42. The average molecular weight is 260 g/mol. The van der Waals surface area contributed by atoms with Gasteiger partial charge in [-0.15, -0.1) is 0 Å². The maximum Gasteiger partial charge on any atom is 0.335 e. The minimum atomic E-state index is -1.03. The van der Waals surface area contributed by atoms with Crippen molar-refractivity contribution in [3.8, 4) is 5.75 Å². The van der Waals surface area contributed by atoms with E-state index in [-0.39, 0.29) is 17.7 Å². The van der Waals surface area contributed by atoms with Crippen LogP contribution in [0.2, 0.25) is 0 Å². The van der Waals surface area contributed by atoms with Crippen molar-refractivity contribution in [2.75, 3.05) is 7.11 Å². The monoisotopic (exact) mass is 260 g/mol. The van der Waals surface area contributed by atoms with E-state index in [1.807, 2.05) is 0 Å². The number of hydrogen-bond acceptors (Lipinski definition) is 4. The van der Waals surface area contributed by atoms with Gasteiger partial charge in [0.05, 0.1) is 19.2 Å². The number of methoxy groups -OCH3 is 1. The molecule has 1 heterocycles. The number of aromatic carboxylic acids is 1. The molecule has 1 aromatic heterocycles. The Hall–Kier alpha value is -2.63. The van der Waals surface area contributed by atoms with E-state index < -0.39 is 5.97 Å². The molecular weight excluding hydrogens is 248 g/mol. The van der Waals surface area contributed by atoms with E-state index in [0.717, 1.165) is 0 Å². The maximum absolute atomic E-state index is 11.6. The zero-order chi connectivity index (χ0) is 13.8. The van der Waals surface area contributed by atoms with Gasteiger partial charge in [0, 0.05) is 17.8 Å². The van der Waals surface area contributed by atoms with Gasteiger partial charge in [0.25, 0.3) is 5.56 Å². The zero-order valence-corrected chi connectivity index (χ0v) is 10.2. The van der Waals surface area contributed by atoms with Crippen LogP contribution in [0.5, 0.6) is 5.75 Å². The summed E-state index contributed by atoms with van der Waals surface area (Å²) in [5.41, 5.74) is 0.466. The number of carboxylic acids is 1. The van der Waals surface area contributed by atoms with E-state index in [2.05, 4.69) is 5.10 Å². The molecule has 98 valence electrons. The van der Waals surface area contributed by atoms with Crippen LogP contribution in [0.4, 0.5) is 0 Å². The molecule has 0 spiro atoms. The molecule has 1 aromatic carbocycles. The third-order valence-corrected chi connectivity index (χ3v) is 2.63. The lowest BCUT2D eigenvalue weighted by Crippen LogP contribution is -2.22. The minimum Gasteiger partial charge on any atom is -0.496 e. The topological polar surface area (TPSA) is 81.4 Å². The van der Waals surface area contributed by atoms with Crippen LogP contribution in [-0.2, 0) is 6.54 Å². The lowest BCUT2D eigenvalue weighted by Gasteiger charge is -2.10. The number of rotatable bonds is 4. The van der Waals surface area contributed by atoms with Crippen LogP contribution >= 0.6 is 0 Å². The molecule has 0 atom stereocenters. The SMILES string of the molecule is COc1ccc(C(=O)O)cc1Cn1ncccc1=O. The third-order valence-electron chi connectivity index (χ3n) is 2.63. The molecule has 19 heavy (non-hydrogen) atoms. The highest BCUT2D eigenvalue weighted by atomic mass is 16.5. The summed E-state index contributed by atoms with van der Waals surface area (Å²) >= 11 is 0. The van der Waals surface area contributed by atoms with Crippen molar-refractivity contribution >= 4 is 5.97 Å². The van der Waals surface area contributed by atoms with Crippen LogP contribution in [0, 0.1) is 0 Å². The highest BCUT2D eigenvalue weighted by Gasteiger charge is 2.10. The van der Waals surface area contributed by atoms with Gasteiger partial charge < -0.3 is 9.84 Å². The molecule has 0 radical (unpaired) electrons. The van der Waals surface area contributed by atoms with Crippen molar-refractivity contribution in [2.24, 2.45) is 0 Å². The van der Waals surface area contributed by atoms with Crippen LogP contribution in [0.1, 0.15) is 15.9 Å². The molecule has 0 amide bonds. The van der Waals surface area contributed by atoms with E-state index in [0.29, 0.717) is 11.3 Å². The van der Waals surface area contributed by atoms with Gasteiger partial charge in [-0.2, -0.15) is 5.10 Å². The Morgan fingerprint density at radius 3 is 2.84 bits per heavy atom. The first kappa shape index (κ1) is 12.8. The molecule has 0 aliphatic heterocycles. The Labute approximate surface area is 108 Å². The van der Waals surface area contributed by atoms with E-state index >= 15 is 0 Å². The largest absolute Gasteiger partial charge is 0.496 e. The standard InChI is InChI=1S/C13H12N2O4/c1-19-11-5-4-9(13(17)18)7-10(11)8-15-12(16)3-2-6-14-15/h2-7H,8H2,1H3,(H,17,18). The van der Waals surface area contributed by atoms with E-state index in [1.165, 1.54) is 36.2 Å². The molecular formula is C13H12N2O4. The number of benzene rings is 1. The number of carbonyl (C=O) groups is 1. The molecule has 1 N–H and O–H groups in total. The summed E-state index contributed by atoms with van der Waals surface area (Å²) in [7, 11) is 1.49. The van der Waals surface area contributed by atoms with Crippen molar-refractivity contribution in [1.82, 2.24) is 9.78 Å². The molecule has 0 aliphatic carbocycles. The van der Waals surface area contributed by atoms with Crippen molar-refractivity contribution in [3.05, 3.63) is 58.0 Å². The second kappa shape index (κ2) is 5.34. The number of ether oxygens (including phenoxy) is 1. The van der Waals surface area contributed by atoms with Gasteiger partial charge >= 0.3 is 5.97 Å². The number of nitrogens with zero attached hydrogens (tertiary/aromatic N) is 2. The number of hydrogen-bond donors (Lipinski definition) is 1. The smallest absolute Gasteiger partial charge is 0.335 e. The Morgan fingerprint density at radius 2 is 2.21 bits per heavy atom. The fourth-order valence-electron chi connectivity index (χ4n) is 1.70. The fraction of sp³-hybridized carbons (Fsp3) is 0.154. The van der Waals surface area contributed by atoms with Crippen LogP contribution in [0.15, 0.2) is 41.3 Å². The predicted molar refractivity (Wildman–Crippen MR) is 67.6 cm³/mol. The molecule has 0 saturated carbocycles. The lowest BCUT2D eigenvalue weighted by atomic mass is 10.1. The fourth-order valence-corrected chi connectivity index (χ4v) is 1.70. The first-order chi connectivity index (χ1) is 9.11. The third kappa shape index (κ3) is 2.79. The van der Waals surface area contributed by atoms with Crippen LogP contribution in [-0.4, -0.2) is 28.0 Å². The summed E-state index contributed by atoms with van der Waals surface area (Å²) in [5.74, 6) is -0.514. The molecule has 0 aliphatic rings. The number of carboxylic acid groups (broad SMARTS) is 1. The normalized spacial score (nSPS) is 10.2. The van der Waals surface area contributed by atoms with Gasteiger partial charge in [0.2, 0.25) is 0 Å². The average Bonchev–Trinajstić information content (AvgIpc) is 2.41. The van der Waals surface area contributed by atoms with Crippen molar-refractivity contribution in [1.29, 1.82) is 0 Å². The molecule has 2 rings (SSSR count). The Morgan fingerprint density at radius 1 is 1.42 bits per heavy atom. The molecule has 6 heteroatoms. The minimum absolute atomic E-state index is 0.139. The molecule has 6 nitrogen and oxygen atoms in total. The molecule has 2 aromatic rings. The summed E-state index contributed by atoms with van der Waals surface area (Å²) < 4.78 is 6.40. The van der Waals surface area contributed by atoms with Crippen LogP contribution < -0.4 is 10.3 Å². The first-order valence-electron chi connectivity index (χ1n) is 5.54. The molecule has 0 fully saturated rings. The van der Waals surface area contributed by atoms with Gasteiger partial charge in [-0.05, 0) is 24.3 Å². The molecule has 0 unspecified atom stereocenters. The van der Waals surface area contributed by atoms with Crippen LogP contribution in [0.25, 0.3) is 0 Å².